The molecule has 1 aromatic carbocycles. The van der Waals surface area contributed by atoms with E-state index in [0.717, 1.165) is 11.6 Å². The van der Waals surface area contributed by atoms with Crippen LogP contribution in [0.25, 0.3) is 0 Å². The Kier molecular flexibility index (Phi) is 4.11. The van der Waals surface area contributed by atoms with Crippen molar-refractivity contribution in [1.82, 2.24) is 4.98 Å². The lowest BCUT2D eigenvalue weighted by Gasteiger charge is -2.22. The molecule has 0 unspecified atom stereocenters. The van der Waals surface area contributed by atoms with Crippen LogP contribution in [0.3, 0.4) is 0 Å². The number of para-hydroxylation sites is 1. The molecule has 0 atom stereocenters. The van der Waals surface area contributed by atoms with E-state index in [0.29, 0.717) is 5.75 Å². The van der Waals surface area contributed by atoms with Gasteiger partial charge in [-0.05, 0) is 11.5 Å². The van der Waals surface area contributed by atoms with E-state index in [1.165, 1.54) is 7.05 Å². The topological polar surface area (TPSA) is 34.2 Å². The van der Waals surface area contributed by atoms with E-state index in [9.17, 15) is 8.78 Å². The Labute approximate surface area is 123 Å². The molecule has 1 heterocycles. The summed E-state index contributed by atoms with van der Waals surface area (Å²) in [5, 5.41) is 2.56. The number of benzene rings is 1. The average molecular weight is 292 g/mol. The van der Waals surface area contributed by atoms with Crippen LogP contribution < -0.4 is 10.1 Å². The number of nitrogens with zero attached hydrogens (tertiary/aromatic N) is 1. The Bertz CT molecular complexity index is 651. The highest BCUT2D eigenvalue weighted by molar-refractivity contribution is 5.43. The number of rotatable bonds is 3. The maximum atomic E-state index is 13.8. The maximum absolute atomic E-state index is 13.8. The minimum Gasteiger partial charge on any atom is -0.436 e. The molecule has 0 saturated heterocycles. The van der Waals surface area contributed by atoms with Crippen molar-refractivity contribution in [2.75, 3.05) is 12.4 Å². The molecule has 0 aliphatic carbocycles. The van der Waals surface area contributed by atoms with Crippen molar-refractivity contribution in [3.05, 3.63) is 47.5 Å². The van der Waals surface area contributed by atoms with Gasteiger partial charge >= 0.3 is 0 Å². The van der Waals surface area contributed by atoms with Crippen LogP contribution in [0.5, 0.6) is 11.6 Å². The molecular weight excluding hydrogens is 274 g/mol. The lowest BCUT2D eigenvalue weighted by molar-refractivity contribution is 0.404. The predicted octanol–water partition coefficient (Wildman–Crippen LogP) is 4.49. The Morgan fingerprint density at radius 2 is 1.76 bits per heavy atom. The van der Waals surface area contributed by atoms with Crippen molar-refractivity contribution in [3.63, 3.8) is 0 Å². The summed E-state index contributed by atoms with van der Waals surface area (Å²) in [7, 11) is 1.51. The number of nitrogens with one attached hydrogen (secondary N) is 1. The molecule has 2 rings (SSSR count). The highest BCUT2D eigenvalue weighted by atomic mass is 19.1. The summed E-state index contributed by atoms with van der Waals surface area (Å²) in [6, 6.07) is 8.10. The summed E-state index contributed by atoms with van der Waals surface area (Å²) in [4.78, 5) is 3.83. The smallest absolute Gasteiger partial charge is 0.258 e. The van der Waals surface area contributed by atoms with Gasteiger partial charge in [0.25, 0.3) is 5.88 Å². The molecule has 0 fully saturated rings. The quantitative estimate of drug-likeness (QED) is 0.905. The van der Waals surface area contributed by atoms with E-state index >= 15 is 0 Å². The van der Waals surface area contributed by atoms with Crippen LogP contribution in [0.1, 0.15) is 26.3 Å². The van der Waals surface area contributed by atoms with Crippen LogP contribution in [0.2, 0.25) is 0 Å². The van der Waals surface area contributed by atoms with Crippen LogP contribution in [0.4, 0.5) is 14.6 Å². The predicted molar refractivity (Wildman–Crippen MR) is 78.9 cm³/mol. The molecule has 0 radical (unpaired) electrons. The SMILES string of the molecule is CNc1nc(Oc2ccccc2C(C)(C)C)c(F)cc1F. The number of hydrogen-bond donors (Lipinski definition) is 1. The molecule has 112 valence electrons. The van der Waals surface area contributed by atoms with Crippen molar-refractivity contribution >= 4 is 5.82 Å². The Morgan fingerprint density at radius 3 is 2.38 bits per heavy atom. The Morgan fingerprint density at radius 1 is 1.10 bits per heavy atom. The summed E-state index contributed by atoms with van der Waals surface area (Å²) < 4.78 is 32.8. The third-order valence-electron chi connectivity index (χ3n) is 3.04. The molecule has 0 bridgehead atoms. The van der Waals surface area contributed by atoms with E-state index in [1.807, 2.05) is 32.9 Å². The van der Waals surface area contributed by atoms with Gasteiger partial charge in [-0.3, -0.25) is 0 Å². The molecule has 5 heteroatoms. The van der Waals surface area contributed by atoms with Gasteiger partial charge in [0.05, 0.1) is 0 Å². The van der Waals surface area contributed by atoms with Gasteiger partial charge < -0.3 is 10.1 Å². The summed E-state index contributed by atoms with van der Waals surface area (Å²) in [6.45, 7) is 6.09. The number of halogens is 2. The molecule has 1 N–H and O–H groups in total. The second-order valence-corrected chi connectivity index (χ2v) is 5.70. The van der Waals surface area contributed by atoms with Gasteiger partial charge in [-0.15, -0.1) is 0 Å². The van der Waals surface area contributed by atoms with Crippen LogP contribution in [-0.4, -0.2) is 12.0 Å². The Balaban J connectivity index is 2.44. The number of ether oxygens (including phenoxy) is 1. The average Bonchev–Trinajstić information content (AvgIpc) is 2.41. The van der Waals surface area contributed by atoms with Crippen LogP contribution in [0, 0.1) is 11.6 Å². The molecule has 21 heavy (non-hydrogen) atoms. The first-order valence-electron chi connectivity index (χ1n) is 6.64. The van der Waals surface area contributed by atoms with Gasteiger partial charge in [-0.2, -0.15) is 4.98 Å². The van der Waals surface area contributed by atoms with E-state index in [4.69, 9.17) is 4.74 Å². The minimum atomic E-state index is -0.838. The summed E-state index contributed by atoms with van der Waals surface area (Å²) in [5.74, 6) is -1.40. The zero-order valence-electron chi connectivity index (χ0n) is 12.5. The second-order valence-electron chi connectivity index (χ2n) is 5.70. The molecule has 3 nitrogen and oxygen atoms in total. The first-order valence-corrected chi connectivity index (χ1v) is 6.64. The monoisotopic (exact) mass is 292 g/mol. The molecule has 0 aliphatic rings. The fourth-order valence-electron chi connectivity index (χ4n) is 1.98. The summed E-state index contributed by atoms with van der Waals surface area (Å²) in [6.07, 6.45) is 0. The van der Waals surface area contributed by atoms with Gasteiger partial charge in [0, 0.05) is 18.7 Å². The molecule has 0 aliphatic heterocycles. The number of anilines is 1. The highest BCUT2D eigenvalue weighted by Crippen LogP contribution is 2.34. The number of aromatic nitrogens is 1. The van der Waals surface area contributed by atoms with Gasteiger partial charge in [-0.25, -0.2) is 8.78 Å². The molecule has 2 aromatic rings. The van der Waals surface area contributed by atoms with Crippen molar-refractivity contribution < 1.29 is 13.5 Å². The van der Waals surface area contributed by atoms with Crippen molar-refractivity contribution in [2.24, 2.45) is 0 Å². The van der Waals surface area contributed by atoms with E-state index in [-0.39, 0.29) is 17.1 Å². The normalized spacial score (nSPS) is 11.3. The van der Waals surface area contributed by atoms with Gasteiger partial charge in [0.1, 0.15) is 5.75 Å². The van der Waals surface area contributed by atoms with Crippen molar-refractivity contribution in [1.29, 1.82) is 0 Å². The van der Waals surface area contributed by atoms with Crippen LogP contribution in [0.15, 0.2) is 30.3 Å². The first-order chi connectivity index (χ1) is 9.82. The van der Waals surface area contributed by atoms with Gasteiger partial charge in [0.2, 0.25) is 0 Å². The summed E-state index contributed by atoms with van der Waals surface area (Å²) in [5.41, 5.74) is 0.750. The number of hydrogen-bond acceptors (Lipinski definition) is 3. The van der Waals surface area contributed by atoms with Gasteiger partial charge in [-0.1, -0.05) is 39.0 Å². The van der Waals surface area contributed by atoms with E-state index in [2.05, 4.69) is 10.3 Å². The lowest BCUT2D eigenvalue weighted by Crippen LogP contribution is -2.12. The van der Waals surface area contributed by atoms with E-state index in [1.54, 1.807) is 12.1 Å². The van der Waals surface area contributed by atoms with Crippen LogP contribution in [-0.2, 0) is 5.41 Å². The molecule has 0 saturated carbocycles. The third-order valence-corrected chi connectivity index (χ3v) is 3.04. The fourth-order valence-corrected chi connectivity index (χ4v) is 1.98. The largest absolute Gasteiger partial charge is 0.436 e. The van der Waals surface area contributed by atoms with Crippen LogP contribution >= 0.6 is 0 Å². The standard InChI is InChI=1S/C16H18F2N2O/c1-16(2,3)10-7-5-6-8-13(10)21-15-12(18)9-11(17)14(19-4)20-15/h5-9H,1-4H3,(H,19,20). The fraction of sp³-hybridized carbons (Fsp3) is 0.312. The zero-order chi connectivity index (χ0) is 15.6. The Hall–Kier alpha value is -2.17. The van der Waals surface area contributed by atoms with Crippen molar-refractivity contribution in [3.8, 4) is 11.6 Å². The lowest BCUT2D eigenvalue weighted by atomic mass is 9.86. The first kappa shape index (κ1) is 15.2. The molecular formula is C16H18F2N2O. The third kappa shape index (κ3) is 3.29. The minimum absolute atomic E-state index is 0.0559. The molecule has 1 aromatic heterocycles. The van der Waals surface area contributed by atoms with Crippen molar-refractivity contribution in [2.45, 2.75) is 26.2 Å². The maximum Gasteiger partial charge on any atom is 0.258 e. The van der Waals surface area contributed by atoms with Gasteiger partial charge in [0.15, 0.2) is 17.5 Å². The highest BCUT2D eigenvalue weighted by Gasteiger charge is 2.20. The number of pyridine rings is 1. The van der Waals surface area contributed by atoms with E-state index < -0.39 is 11.6 Å². The summed E-state index contributed by atoms with van der Waals surface area (Å²) >= 11 is 0. The zero-order valence-corrected chi connectivity index (χ0v) is 12.5. The second kappa shape index (κ2) is 5.68. The molecule has 0 spiro atoms. The molecule has 0 amide bonds.